The summed E-state index contributed by atoms with van der Waals surface area (Å²) >= 11 is 0. The summed E-state index contributed by atoms with van der Waals surface area (Å²) in [6, 6.07) is 12.1. The van der Waals surface area contributed by atoms with E-state index in [0.29, 0.717) is 22.7 Å². The molecule has 2 rings (SSSR count). The molecule has 0 bridgehead atoms. The molecule has 0 aromatic heterocycles. The molecule has 0 aliphatic rings. The van der Waals surface area contributed by atoms with Gasteiger partial charge in [-0.05, 0) is 55.8 Å². The van der Waals surface area contributed by atoms with E-state index >= 15 is 0 Å². The molecule has 1 atom stereocenters. The number of nitrogens with two attached hydrogens (primary N) is 1. The first-order chi connectivity index (χ1) is 11.0. The van der Waals surface area contributed by atoms with Crippen molar-refractivity contribution in [2.24, 2.45) is 0 Å². The number of methoxy groups -OCH3 is 1. The normalized spacial score (nSPS) is 11.6. The fourth-order valence-corrected chi connectivity index (χ4v) is 2.02. The van der Waals surface area contributed by atoms with Gasteiger partial charge in [0.25, 0.3) is 5.91 Å². The van der Waals surface area contributed by atoms with Crippen LogP contribution in [0.4, 0.5) is 11.4 Å². The number of rotatable bonds is 6. The number of carbonyl (C=O) groups excluding carboxylic acids is 1. The molecule has 0 saturated heterocycles. The largest absolute Gasteiger partial charge is 0.495 e. The molecule has 2 aromatic rings. The molecule has 5 heteroatoms. The van der Waals surface area contributed by atoms with E-state index in [-0.39, 0.29) is 12.0 Å². The quantitative estimate of drug-likeness (QED) is 0.797. The fraction of sp³-hybridized carbons (Fsp3) is 0.278. The van der Waals surface area contributed by atoms with Crippen LogP contribution in [0.1, 0.15) is 30.6 Å². The number of amides is 1. The third-order valence-electron chi connectivity index (χ3n) is 3.50. The highest BCUT2D eigenvalue weighted by Crippen LogP contribution is 2.27. The van der Waals surface area contributed by atoms with Crippen LogP contribution in [0, 0.1) is 0 Å². The first-order valence-electron chi connectivity index (χ1n) is 7.55. The molecular formula is C18H22N2O3. The lowest BCUT2D eigenvalue weighted by atomic mass is 10.2. The minimum Gasteiger partial charge on any atom is -0.495 e. The minimum absolute atomic E-state index is 0.145. The number of nitrogens with one attached hydrogen (secondary N) is 1. The van der Waals surface area contributed by atoms with Crippen LogP contribution in [0.25, 0.3) is 0 Å². The van der Waals surface area contributed by atoms with Gasteiger partial charge in [0.15, 0.2) is 0 Å². The Kier molecular flexibility index (Phi) is 5.46. The first kappa shape index (κ1) is 16.7. The summed E-state index contributed by atoms with van der Waals surface area (Å²) in [4.78, 5) is 12.3. The second-order valence-electron chi connectivity index (χ2n) is 5.27. The highest BCUT2D eigenvalue weighted by molar-refractivity contribution is 6.05. The van der Waals surface area contributed by atoms with Crippen molar-refractivity contribution in [3.63, 3.8) is 0 Å². The lowest BCUT2D eigenvalue weighted by Gasteiger charge is -2.13. The summed E-state index contributed by atoms with van der Waals surface area (Å²) in [7, 11) is 1.54. The Bertz CT molecular complexity index is 668. The molecule has 0 aliphatic heterocycles. The Morgan fingerprint density at radius 3 is 2.52 bits per heavy atom. The van der Waals surface area contributed by atoms with Crippen molar-refractivity contribution in [3.05, 3.63) is 48.0 Å². The zero-order chi connectivity index (χ0) is 16.8. The van der Waals surface area contributed by atoms with Gasteiger partial charge in [0.1, 0.15) is 11.5 Å². The van der Waals surface area contributed by atoms with Gasteiger partial charge in [0, 0.05) is 11.3 Å². The summed E-state index contributed by atoms with van der Waals surface area (Å²) in [5.41, 5.74) is 7.38. The number of benzene rings is 2. The Balaban J connectivity index is 2.10. The Hall–Kier alpha value is -2.69. The zero-order valence-electron chi connectivity index (χ0n) is 13.6. The number of carbonyl (C=O) groups is 1. The van der Waals surface area contributed by atoms with Crippen LogP contribution in [0.5, 0.6) is 11.5 Å². The lowest BCUT2D eigenvalue weighted by molar-refractivity contribution is 0.102. The third kappa shape index (κ3) is 4.39. The van der Waals surface area contributed by atoms with Gasteiger partial charge in [-0.25, -0.2) is 0 Å². The Labute approximate surface area is 136 Å². The molecule has 1 amide bonds. The molecule has 2 aromatic carbocycles. The summed E-state index contributed by atoms with van der Waals surface area (Å²) in [5.74, 6) is 1.07. The summed E-state index contributed by atoms with van der Waals surface area (Å²) < 4.78 is 10.9. The van der Waals surface area contributed by atoms with E-state index in [2.05, 4.69) is 12.2 Å². The van der Waals surface area contributed by atoms with Crippen molar-refractivity contribution in [2.75, 3.05) is 18.2 Å². The average Bonchev–Trinajstić information content (AvgIpc) is 2.55. The minimum atomic E-state index is -0.232. The number of hydrogen-bond donors (Lipinski definition) is 2. The van der Waals surface area contributed by atoms with Gasteiger partial charge in [-0.15, -0.1) is 0 Å². The van der Waals surface area contributed by atoms with Crippen LogP contribution >= 0.6 is 0 Å². The van der Waals surface area contributed by atoms with Crippen LogP contribution in [0.2, 0.25) is 0 Å². The van der Waals surface area contributed by atoms with E-state index in [1.165, 1.54) is 0 Å². The Morgan fingerprint density at radius 2 is 1.91 bits per heavy atom. The highest BCUT2D eigenvalue weighted by Gasteiger charge is 2.11. The second-order valence-corrected chi connectivity index (χ2v) is 5.27. The van der Waals surface area contributed by atoms with Crippen molar-refractivity contribution in [1.82, 2.24) is 0 Å². The van der Waals surface area contributed by atoms with E-state index in [4.69, 9.17) is 15.2 Å². The topological polar surface area (TPSA) is 73.6 Å². The molecule has 122 valence electrons. The Morgan fingerprint density at radius 1 is 1.22 bits per heavy atom. The molecule has 5 nitrogen and oxygen atoms in total. The number of hydrogen-bond acceptors (Lipinski definition) is 4. The highest BCUT2D eigenvalue weighted by atomic mass is 16.5. The molecule has 0 heterocycles. The van der Waals surface area contributed by atoms with Gasteiger partial charge < -0.3 is 20.5 Å². The van der Waals surface area contributed by atoms with Crippen LogP contribution in [-0.4, -0.2) is 19.1 Å². The van der Waals surface area contributed by atoms with Gasteiger partial charge in [-0.1, -0.05) is 6.92 Å². The maximum atomic E-state index is 12.3. The molecule has 3 N–H and O–H groups in total. The monoisotopic (exact) mass is 314 g/mol. The molecule has 0 aliphatic carbocycles. The van der Waals surface area contributed by atoms with E-state index in [9.17, 15) is 4.79 Å². The van der Waals surface area contributed by atoms with Gasteiger partial charge in [0.05, 0.1) is 18.9 Å². The summed E-state index contributed by atoms with van der Waals surface area (Å²) in [6.45, 7) is 4.07. The van der Waals surface area contributed by atoms with Crippen molar-refractivity contribution in [3.8, 4) is 11.5 Å². The van der Waals surface area contributed by atoms with Crippen LogP contribution < -0.4 is 20.5 Å². The van der Waals surface area contributed by atoms with Crippen LogP contribution in [0.15, 0.2) is 42.5 Å². The predicted octanol–water partition coefficient (Wildman–Crippen LogP) is 3.71. The van der Waals surface area contributed by atoms with Gasteiger partial charge in [-0.3, -0.25) is 4.79 Å². The average molecular weight is 314 g/mol. The second kappa shape index (κ2) is 7.54. The number of nitrogen functional groups attached to an aromatic ring is 1. The first-order valence-corrected chi connectivity index (χ1v) is 7.55. The van der Waals surface area contributed by atoms with Gasteiger partial charge in [-0.2, -0.15) is 0 Å². The summed E-state index contributed by atoms with van der Waals surface area (Å²) in [5, 5.41) is 2.81. The van der Waals surface area contributed by atoms with Crippen molar-refractivity contribution < 1.29 is 14.3 Å². The summed E-state index contributed by atoms with van der Waals surface area (Å²) in [6.07, 6.45) is 1.07. The van der Waals surface area contributed by atoms with Gasteiger partial charge >= 0.3 is 0 Å². The molecule has 0 saturated carbocycles. The molecule has 0 radical (unpaired) electrons. The maximum absolute atomic E-state index is 12.3. The smallest absolute Gasteiger partial charge is 0.255 e. The molecular weight excluding hydrogens is 292 g/mol. The van der Waals surface area contributed by atoms with Crippen molar-refractivity contribution in [2.45, 2.75) is 26.4 Å². The third-order valence-corrected chi connectivity index (χ3v) is 3.50. The predicted molar refractivity (Wildman–Crippen MR) is 92.2 cm³/mol. The molecule has 23 heavy (non-hydrogen) atoms. The van der Waals surface area contributed by atoms with E-state index in [1.54, 1.807) is 49.6 Å². The van der Waals surface area contributed by atoms with Gasteiger partial charge in [0.2, 0.25) is 0 Å². The van der Waals surface area contributed by atoms with E-state index in [0.717, 1.165) is 12.2 Å². The zero-order valence-corrected chi connectivity index (χ0v) is 13.6. The van der Waals surface area contributed by atoms with Crippen molar-refractivity contribution >= 4 is 17.3 Å². The van der Waals surface area contributed by atoms with Crippen LogP contribution in [-0.2, 0) is 0 Å². The fourth-order valence-electron chi connectivity index (χ4n) is 2.02. The van der Waals surface area contributed by atoms with E-state index < -0.39 is 0 Å². The SMILES string of the molecule is CC[C@H](C)Oc1ccc(C(=O)Nc2cc(N)ccc2OC)cc1. The maximum Gasteiger partial charge on any atom is 0.255 e. The lowest BCUT2D eigenvalue weighted by Crippen LogP contribution is -2.13. The molecule has 0 spiro atoms. The molecule has 0 fully saturated rings. The number of anilines is 2. The molecule has 0 unspecified atom stereocenters. The number of ether oxygens (including phenoxy) is 2. The van der Waals surface area contributed by atoms with E-state index in [1.807, 2.05) is 6.92 Å². The van der Waals surface area contributed by atoms with Crippen molar-refractivity contribution in [1.29, 1.82) is 0 Å². The van der Waals surface area contributed by atoms with Crippen LogP contribution in [0.3, 0.4) is 0 Å². The standard InChI is InChI=1S/C18H22N2O3/c1-4-12(2)23-15-8-5-13(6-9-15)18(21)20-16-11-14(19)7-10-17(16)22-3/h5-12H,4,19H2,1-3H3,(H,20,21)/t12-/m0/s1.